The normalized spacial score (nSPS) is 20.1. The van der Waals surface area contributed by atoms with E-state index in [1.165, 1.54) is 5.56 Å². The molecule has 2 heterocycles. The Morgan fingerprint density at radius 3 is 2.74 bits per heavy atom. The van der Waals surface area contributed by atoms with Gasteiger partial charge in [-0.3, -0.25) is 0 Å². The second-order valence-corrected chi connectivity index (χ2v) is 7.67. The number of aromatic nitrogens is 2. The Bertz CT molecular complexity index is 961. The third-order valence-electron chi connectivity index (χ3n) is 5.55. The fourth-order valence-corrected chi connectivity index (χ4v) is 4.20. The van der Waals surface area contributed by atoms with E-state index in [1.807, 2.05) is 10.6 Å². The van der Waals surface area contributed by atoms with Crippen LogP contribution in [0.1, 0.15) is 42.7 Å². The van der Waals surface area contributed by atoms with Gasteiger partial charge in [0.05, 0.1) is 24.4 Å². The van der Waals surface area contributed by atoms with Gasteiger partial charge in [0.1, 0.15) is 11.4 Å². The standard InChI is InChI=1S/C21H24ClN3O2/c1-27-20-8-15(12-26)17(10-18(20)22)19-11-25-7-6-14(9-21(25)24-19)13-2-4-16(23)5-3-13/h6-11,13,16,26H,2-5,12,23H2,1H3. The molecule has 1 aromatic carbocycles. The van der Waals surface area contributed by atoms with Crippen molar-refractivity contribution >= 4 is 17.2 Å². The molecule has 2 aromatic heterocycles. The Morgan fingerprint density at radius 1 is 1.26 bits per heavy atom. The summed E-state index contributed by atoms with van der Waals surface area (Å²) in [4.78, 5) is 4.79. The Balaban J connectivity index is 1.71. The summed E-state index contributed by atoms with van der Waals surface area (Å²) in [5, 5.41) is 10.3. The van der Waals surface area contributed by atoms with Crippen LogP contribution in [0.25, 0.3) is 16.9 Å². The third kappa shape index (κ3) is 3.55. The van der Waals surface area contributed by atoms with Crippen molar-refractivity contribution in [2.24, 2.45) is 5.73 Å². The molecule has 4 rings (SSSR count). The highest BCUT2D eigenvalue weighted by Crippen LogP contribution is 2.35. The lowest BCUT2D eigenvalue weighted by Gasteiger charge is -2.26. The maximum Gasteiger partial charge on any atom is 0.137 e. The summed E-state index contributed by atoms with van der Waals surface area (Å²) < 4.78 is 7.26. The fourth-order valence-electron chi connectivity index (χ4n) is 3.96. The number of aliphatic hydroxyl groups is 1. The molecule has 1 saturated carbocycles. The van der Waals surface area contributed by atoms with E-state index in [4.69, 9.17) is 27.1 Å². The minimum atomic E-state index is -0.107. The maximum atomic E-state index is 9.76. The smallest absolute Gasteiger partial charge is 0.137 e. The van der Waals surface area contributed by atoms with E-state index in [0.29, 0.717) is 22.7 Å². The van der Waals surface area contributed by atoms with Gasteiger partial charge in [-0.25, -0.2) is 4.98 Å². The van der Waals surface area contributed by atoms with E-state index in [1.54, 1.807) is 19.2 Å². The first-order valence-corrected chi connectivity index (χ1v) is 9.68. The lowest BCUT2D eigenvalue weighted by atomic mass is 9.82. The van der Waals surface area contributed by atoms with E-state index >= 15 is 0 Å². The van der Waals surface area contributed by atoms with Crippen LogP contribution in [0.3, 0.4) is 0 Å². The number of nitrogens with zero attached hydrogens (tertiary/aromatic N) is 2. The number of methoxy groups -OCH3 is 1. The molecule has 0 radical (unpaired) electrons. The van der Waals surface area contributed by atoms with Gasteiger partial charge < -0.3 is 20.0 Å². The molecule has 6 heteroatoms. The summed E-state index contributed by atoms with van der Waals surface area (Å²) >= 11 is 6.29. The summed E-state index contributed by atoms with van der Waals surface area (Å²) in [6, 6.07) is 8.25. The Kier molecular flexibility index (Phi) is 5.08. The molecule has 5 nitrogen and oxygen atoms in total. The number of halogens is 1. The van der Waals surface area contributed by atoms with Gasteiger partial charge in [0.2, 0.25) is 0 Å². The van der Waals surface area contributed by atoms with E-state index in [2.05, 4.69) is 18.3 Å². The molecule has 1 aliphatic carbocycles. The van der Waals surface area contributed by atoms with Crippen LogP contribution in [0.4, 0.5) is 0 Å². The van der Waals surface area contributed by atoms with Crippen LogP contribution in [0.2, 0.25) is 5.02 Å². The van der Waals surface area contributed by atoms with Gasteiger partial charge in [0.25, 0.3) is 0 Å². The number of pyridine rings is 1. The zero-order valence-electron chi connectivity index (χ0n) is 15.4. The number of benzene rings is 1. The average molecular weight is 386 g/mol. The van der Waals surface area contributed by atoms with Gasteiger partial charge in [-0.15, -0.1) is 0 Å². The molecule has 0 saturated heterocycles. The van der Waals surface area contributed by atoms with Gasteiger partial charge in [-0.1, -0.05) is 11.6 Å². The SMILES string of the molecule is COc1cc(CO)c(-c2cn3ccc(C4CCC(N)CC4)cc3n2)cc1Cl. The molecule has 0 unspecified atom stereocenters. The molecule has 3 aromatic rings. The maximum absolute atomic E-state index is 9.76. The fraction of sp³-hybridized carbons (Fsp3) is 0.381. The van der Waals surface area contributed by atoms with E-state index < -0.39 is 0 Å². The van der Waals surface area contributed by atoms with Crippen LogP contribution < -0.4 is 10.5 Å². The predicted octanol–water partition coefficient (Wildman–Crippen LogP) is 4.14. The summed E-state index contributed by atoms with van der Waals surface area (Å²) in [6.45, 7) is -0.107. The van der Waals surface area contributed by atoms with Crippen molar-refractivity contribution in [2.75, 3.05) is 7.11 Å². The number of imidazole rings is 1. The molecule has 0 bridgehead atoms. The van der Waals surface area contributed by atoms with Crippen LogP contribution in [0.15, 0.2) is 36.7 Å². The monoisotopic (exact) mass is 385 g/mol. The molecule has 0 amide bonds. The van der Waals surface area contributed by atoms with Gasteiger partial charge in [-0.2, -0.15) is 0 Å². The number of rotatable bonds is 4. The number of hydrogen-bond acceptors (Lipinski definition) is 4. The van der Waals surface area contributed by atoms with Crippen molar-refractivity contribution in [1.82, 2.24) is 9.38 Å². The average Bonchev–Trinajstić information content (AvgIpc) is 3.11. The van der Waals surface area contributed by atoms with Crippen LogP contribution in [-0.4, -0.2) is 27.6 Å². The number of nitrogens with two attached hydrogens (primary N) is 1. The van der Waals surface area contributed by atoms with E-state index in [-0.39, 0.29) is 6.61 Å². The lowest BCUT2D eigenvalue weighted by Crippen LogP contribution is -2.25. The number of aliphatic hydroxyl groups excluding tert-OH is 1. The lowest BCUT2D eigenvalue weighted by molar-refractivity contribution is 0.281. The predicted molar refractivity (Wildman–Crippen MR) is 107 cm³/mol. The minimum absolute atomic E-state index is 0.107. The van der Waals surface area contributed by atoms with Crippen LogP contribution in [-0.2, 0) is 6.61 Å². The molecule has 1 fully saturated rings. The van der Waals surface area contributed by atoms with Crippen molar-refractivity contribution in [2.45, 2.75) is 44.2 Å². The second-order valence-electron chi connectivity index (χ2n) is 7.27. The first-order valence-electron chi connectivity index (χ1n) is 9.31. The Hall–Kier alpha value is -2.08. The molecule has 0 spiro atoms. The molecule has 1 aliphatic rings. The van der Waals surface area contributed by atoms with Crippen molar-refractivity contribution in [1.29, 1.82) is 0 Å². The Labute approximate surface area is 163 Å². The Morgan fingerprint density at radius 2 is 2.04 bits per heavy atom. The van der Waals surface area contributed by atoms with Gasteiger partial charge in [0, 0.05) is 24.0 Å². The third-order valence-corrected chi connectivity index (χ3v) is 5.85. The number of ether oxygens (including phenoxy) is 1. The second kappa shape index (κ2) is 7.50. The summed E-state index contributed by atoms with van der Waals surface area (Å²) in [5.41, 5.74) is 10.6. The van der Waals surface area contributed by atoms with Gasteiger partial charge >= 0.3 is 0 Å². The van der Waals surface area contributed by atoms with Crippen molar-refractivity contribution in [3.63, 3.8) is 0 Å². The van der Waals surface area contributed by atoms with Crippen molar-refractivity contribution in [3.8, 4) is 17.0 Å². The van der Waals surface area contributed by atoms with E-state index in [9.17, 15) is 5.11 Å². The topological polar surface area (TPSA) is 72.8 Å². The van der Waals surface area contributed by atoms with Crippen LogP contribution >= 0.6 is 11.6 Å². The van der Waals surface area contributed by atoms with E-state index in [0.717, 1.165) is 48.2 Å². The molecular weight excluding hydrogens is 362 g/mol. The van der Waals surface area contributed by atoms with Crippen LogP contribution in [0, 0.1) is 0 Å². The molecular formula is C21H24ClN3O2. The molecule has 0 atom stereocenters. The summed E-state index contributed by atoms with van der Waals surface area (Å²) in [6.07, 6.45) is 8.45. The zero-order valence-corrected chi connectivity index (χ0v) is 16.1. The molecule has 0 aliphatic heterocycles. The quantitative estimate of drug-likeness (QED) is 0.707. The highest BCUT2D eigenvalue weighted by Gasteiger charge is 2.21. The highest BCUT2D eigenvalue weighted by atomic mass is 35.5. The molecule has 3 N–H and O–H groups in total. The van der Waals surface area contributed by atoms with Gasteiger partial charge in [0.15, 0.2) is 0 Å². The largest absolute Gasteiger partial charge is 0.495 e. The van der Waals surface area contributed by atoms with Crippen molar-refractivity contribution in [3.05, 3.63) is 52.8 Å². The van der Waals surface area contributed by atoms with Crippen LogP contribution in [0.5, 0.6) is 5.75 Å². The number of hydrogen-bond donors (Lipinski definition) is 2. The van der Waals surface area contributed by atoms with Gasteiger partial charge in [-0.05, 0) is 67.0 Å². The highest BCUT2D eigenvalue weighted by molar-refractivity contribution is 6.32. The minimum Gasteiger partial charge on any atom is -0.495 e. The number of fused-ring (bicyclic) bond motifs is 1. The zero-order chi connectivity index (χ0) is 19.0. The molecule has 27 heavy (non-hydrogen) atoms. The first kappa shape index (κ1) is 18.3. The van der Waals surface area contributed by atoms with Crippen molar-refractivity contribution < 1.29 is 9.84 Å². The summed E-state index contributed by atoms with van der Waals surface area (Å²) in [7, 11) is 1.56. The first-order chi connectivity index (χ1) is 13.1. The molecule has 142 valence electrons. The summed E-state index contributed by atoms with van der Waals surface area (Å²) in [5.74, 6) is 1.10.